The highest BCUT2D eigenvalue weighted by Crippen LogP contribution is 2.36. The van der Waals surface area contributed by atoms with Gasteiger partial charge in [0.25, 0.3) is 0 Å². The molecule has 0 bridgehead atoms. The number of β-lactam (4-membered cyclic amide) rings is 1. The Morgan fingerprint density at radius 2 is 2.00 bits per heavy atom. The maximum Gasteiger partial charge on any atom is 0.325 e. The van der Waals surface area contributed by atoms with E-state index in [-0.39, 0.29) is 18.0 Å². The van der Waals surface area contributed by atoms with E-state index in [4.69, 9.17) is 10.3 Å². The monoisotopic (exact) mass is 407 g/mol. The van der Waals surface area contributed by atoms with Crippen LogP contribution in [0.3, 0.4) is 0 Å². The molecule has 1 saturated heterocycles. The van der Waals surface area contributed by atoms with E-state index >= 15 is 0 Å². The Labute approximate surface area is 175 Å². The summed E-state index contributed by atoms with van der Waals surface area (Å²) in [6.45, 7) is 5.67. The van der Waals surface area contributed by atoms with Gasteiger partial charge in [-0.05, 0) is 44.0 Å². The van der Waals surface area contributed by atoms with Crippen LogP contribution in [0.15, 0.2) is 59.4 Å². The summed E-state index contributed by atoms with van der Waals surface area (Å²) in [5, 5.41) is 6.66. The molecule has 1 aliphatic heterocycles. The number of benzene rings is 1. The number of pyridine rings is 1. The number of imide groups is 1. The van der Waals surface area contributed by atoms with Crippen molar-refractivity contribution in [3.05, 3.63) is 77.3 Å². The van der Waals surface area contributed by atoms with Crippen molar-refractivity contribution >= 4 is 17.8 Å². The third kappa shape index (κ3) is 4.83. The van der Waals surface area contributed by atoms with E-state index in [9.17, 15) is 9.59 Å². The Bertz CT molecular complexity index is 1000. The van der Waals surface area contributed by atoms with Gasteiger partial charge in [0.05, 0.1) is 24.2 Å². The maximum atomic E-state index is 12.4. The van der Waals surface area contributed by atoms with Crippen LogP contribution in [0.5, 0.6) is 0 Å². The molecule has 1 aromatic carbocycles. The molecular weight excluding hydrogens is 382 g/mol. The molecule has 2 atom stereocenters. The van der Waals surface area contributed by atoms with E-state index in [1.807, 2.05) is 56.3 Å². The summed E-state index contributed by atoms with van der Waals surface area (Å²) in [4.78, 5) is 29.3. The van der Waals surface area contributed by atoms with Crippen LogP contribution in [0.25, 0.3) is 0 Å². The number of likely N-dealkylation sites (tertiary alicyclic amines) is 1. The first kappa shape index (κ1) is 21.0. The van der Waals surface area contributed by atoms with E-state index in [1.54, 1.807) is 13.1 Å². The van der Waals surface area contributed by atoms with Crippen molar-refractivity contribution in [2.24, 2.45) is 0 Å². The number of nitrogens with zero attached hydrogens (tertiary/aromatic N) is 3. The number of hydrogen-bond acceptors (Lipinski definition) is 6. The Hall–Kier alpha value is -3.68. The molecule has 2 unspecified atom stereocenters. The molecule has 3 aromatic rings. The zero-order valence-electron chi connectivity index (χ0n) is 17.2. The van der Waals surface area contributed by atoms with Gasteiger partial charge in [0, 0.05) is 11.8 Å². The van der Waals surface area contributed by atoms with Gasteiger partial charge in [0.1, 0.15) is 12.1 Å². The lowest BCUT2D eigenvalue weighted by Gasteiger charge is -2.38. The van der Waals surface area contributed by atoms with Gasteiger partial charge in [-0.1, -0.05) is 35.5 Å². The molecule has 8 heteroatoms. The molecule has 156 valence electrons. The Kier molecular flexibility index (Phi) is 6.46. The van der Waals surface area contributed by atoms with Gasteiger partial charge >= 0.3 is 6.03 Å². The van der Waals surface area contributed by atoms with Crippen molar-refractivity contribution in [3.8, 4) is 0 Å². The lowest BCUT2D eigenvalue weighted by Crippen LogP contribution is -2.54. The minimum Gasteiger partial charge on any atom is -0.384 e. The number of aryl methyl sites for hydroxylation is 2. The van der Waals surface area contributed by atoms with Gasteiger partial charge in [-0.25, -0.2) is 9.78 Å². The van der Waals surface area contributed by atoms with Crippen molar-refractivity contribution in [3.63, 3.8) is 0 Å². The third-order valence-electron chi connectivity index (χ3n) is 4.89. The minimum absolute atomic E-state index is 0.175. The minimum atomic E-state index is -0.391. The second-order valence-corrected chi connectivity index (χ2v) is 7.18. The van der Waals surface area contributed by atoms with Crippen LogP contribution < -0.4 is 11.1 Å². The van der Waals surface area contributed by atoms with Crippen molar-refractivity contribution in [2.75, 3.05) is 5.73 Å². The topological polar surface area (TPSA) is 114 Å². The number of anilines is 1. The second-order valence-electron chi connectivity index (χ2n) is 7.18. The lowest BCUT2D eigenvalue weighted by molar-refractivity contribution is -0.141. The Morgan fingerprint density at radius 3 is 2.53 bits per heavy atom. The summed E-state index contributed by atoms with van der Waals surface area (Å²) in [7, 11) is 0. The number of urea groups is 1. The van der Waals surface area contributed by atoms with Gasteiger partial charge in [-0.15, -0.1) is 0 Å². The smallest absolute Gasteiger partial charge is 0.325 e. The predicted octanol–water partition coefficient (Wildman–Crippen LogP) is 3.70. The zero-order chi connectivity index (χ0) is 21.7. The van der Waals surface area contributed by atoms with Crippen LogP contribution in [0.2, 0.25) is 0 Å². The highest BCUT2D eigenvalue weighted by Gasteiger charge is 2.43. The van der Waals surface area contributed by atoms with Crippen LogP contribution >= 0.6 is 0 Å². The molecule has 3 N–H and O–H groups in total. The van der Waals surface area contributed by atoms with Crippen molar-refractivity contribution in [1.29, 1.82) is 0 Å². The fourth-order valence-electron chi connectivity index (χ4n) is 3.18. The molecule has 1 fully saturated rings. The van der Waals surface area contributed by atoms with Gasteiger partial charge in [-0.3, -0.25) is 9.69 Å². The molecule has 3 amide bonds. The number of amides is 3. The summed E-state index contributed by atoms with van der Waals surface area (Å²) >= 11 is 0. The molecule has 0 saturated carbocycles. The van der Waals surface area contributed by atoms with E-state index in [0.717, 1.165) is 16.7 Å². The normalized spacial score (nSPS) is 16.2. The van der Waals surface area contributed by atoms with E-state index in [2.05, 4.69) is 15.5 Å². The number of nitrogen functional groups attached to an aromatic ring is 1. The molecule has 0 aliphatic carbocycles. The van der Waals surface area contributed by atoms with Crippen LogP contribution in [0, 0.1) is 13.8 Å². The lowest BCUT2D eigenvalue weighted by atomic mass is 9.95. The fourth-order valence-corrected chi connectivity index (χ4v) is 3.18. The van der Waals surface area contributed by atoms with Gasteiger partial charge in [0.15, 0.2) is 0 Å². The fraction of sp³-hybridized carbons (Fsp3) is 0.273. The largest absolute Gasteiger partial charge is 0.384 e. The summed E-state index contributed by atoms with van der Waals surface area (Å²) < 4.78 is 4.90. The van der Waals surface area contributed by atoms with E-state index < -0.39 is 6.03 Å². The SMILES string of the molecule is Cc1ccnc(N)c1.Cc1nocc1C1CC(=O)N1C(=O)NC(C)c1ccccc1. The number of nitrogens with two attached hydrogens (primary N) is 1. The first-order valence-electron chi connectivity index (χ1n) is 9.63. The highest BCUT2D eigenvalue weighted by atomic mass is 16.5. The van der Waals surface area contributed by atoms with Crippen LogP contribution in [0.4, 0.5) is 10.6 Å². The summed E-state index contributed by atoms with van der Waals surface area (Å²) in [6.07, 6.45) is 3.49. The van der Waals surface area contributed by atoms with E-state index in [0.29, 0.717) is 17.9 Å². The number of carbonyl (C=O) groups excluding carboxylic acids is 2. The van der Waals surface area contributed by atoms with Crippen molar-refractivity contribution < 1.29 is 14.1 Å². The maximum absolute atomic E-state index is 12.4. The molecular formula is C22H25N5O3. The van der Waals surface area contributed by atoms with Crippen molar-refractivity contribution in [2.45, 2.75) is 39.3 Å². The number of rotatable bonds is 3. The quantitative estimate of drug-likeness (QED) is 0.640. The van der Waals surface area contributed by atoms with Gasteiger partial charge in [-0.2, -0.15) is 0 Å². The van der Waals surface area contributed by atoms with Gasteiger partial charge < -0.3 is 15.6 Å². The molecule has 2 aromatic heterocycles. The average Bonchev–Trinajstić information content (AvgIpc) is 3.12. The molecule has 30 heavy (non-hydrogen) atoms. The van der Waals surface area contributed by atoms with E-state index in [1.165, 1.54) is 11.2 Å². The summed E-state index contributed by atoms with van der Waals surface area (Å²) in [6, 6.07) is 12.5. The van der Waals surface area contributed by atoms with Crippen LogP contribution in [-0.2, 0) is 4.79 Å². The Balaban J connectivity index is 0.000000269. The standard InChI is InChI=1S/C16H17N3O3.C6H8N2/c1-10(12-6-4-3-5-7-12)17-16(21)19-14(8-15(19)20)13-9-22-18-11(13)2;1-5-2-3-8-6(7)4-5/h3-7,9-10,14H,8H2,1-2H3,(H,17,21);2-4H,1H3,(H2,7,8). The summed E-state index contributed by atoms with van der Waals surface area (Å²) in [5.41, 5.74) is 8.97. The first-order chi connectivity index (χ1) is 14.4. The number of carbonyl (C=O) groups is 2. The molecule has 8 nitrogen and oxygen atoms in total. The third-order valence-corrected chi connectivity index (χ3v) is 4.89. The number of nitrogens with one attached hydrogen (secondary N) is 1. The Morgan fingerprint density at radius 1 is 1.27 bits per heavy atom. The number of hydrogen-bond donors (Lipinski definition) is 2. The average molecular weight is 407 g/mol. The number of aromatic nitrogens is 2. The highest BCUT2D eigenvalue weighted by molar-refractivity contribution is 6.00. The zero-order valence-corrected chi connectivity index (χ0v) is 17.2. The summed E-state index contributed by atoms with van der Waals surface area (Å²) in [5.74, 6) is 0.397. The predicted molar refractivity (Wildman–Crippen MR) is 112 cm³/mol. The first-order valence-corrected chi connectivity index (χ1v) is 9.63. The molecule has 4 rings (SSSR count). The second kappa shape index (κ2) is 9.21. The molecule has 3 heterocycles. The van der Waals surface area contributed by atoms with Crippen LogP contribution in [0.1, 0.15) is 47.8 Å². The van der Waals surface area contributed by atoms with Crippen LogP contribution in [-0.4, -0.2) is 27.0 Å². The molecule has 0 radical (unpaired) electrons. The van der Waals surface area contributed by atoms with Crippen molar-refractivity contribution in [1.82, 2.24) is 20.4 Å². The molecule has 0 spiro atoms. The van der Waals surface area contributed by atoms with Gasteiger partial charge in [0.2, 0.25) is 5.91 Å². The molecule has 1 aliphatic rings.